The van der Waals surface area contributed by atoms with Gasteiger partial charge in [0.2, 0.25) is 5.91 Å². The molecular formula is C16H22F3N3O5S3. The van der Waals surface area contributed by atoms with Gasteiger partial charge in [-0.25, -0.2) is 9.78 Å². The molecule has 1 aromatic rings. The first-order valence-corrected chi connectivity index (χ1v) is 12.2. The Labute approximate surface area is 183 Å². The Bertz CT molecular complexity index is 677. The van der Waals surface area contributed by atoms with Crippen molar-refractivity contribution in [3.63, 3.8) is 0 Å². The first-order valence-electron chi connectivity index (χ1n) is 8.79. The highest BCUT2D eigenvalue weighted by Gasteiger charge is 2.38. The van der Waals surface area contributed by atoms with Crippen molar-refractivity contribution >= 4 is 55.9 Å². The van der Waals surface area contributed by atoms with E-state index in [0.29, 0.717) is 12.3 Å². The fraction of sp³-hybridized carbons (Fsp3) is 0.625. The van der Waals surface area contributed by atoms with Crippen LogP contribution in [0.5, 0.6) is 0 Å². The second-order valence-corrected chi connectivity index (χ2v) is 9.56. The predicted molar refractivity (Wildman–Crippen MR) is 111 cm³/mol. The fourth-order valence-electron chi connectivity index (χ4n) is 2.34. The lowest BCUT2D eigenvalue weighted by molar-refractivity contribution is -0.192. The van der Waals surface area contributed by atoms with Crippen molar-refractivity contribution < 1.29 is 37.8 Å². The molecule has 0 aliphatic carbocycles. The molecule has 1 fully saturated rings. The number of rotatable bonds is 9. The normalized spacial score (nSPS) is 16.4. The smallest absolute Gasteiger partial charge is 0.481 e. The number of carbonyl (C=O) groups excluding carboxylic acids is 1. The highest BCUT2D eigenvalue weighted by atomic mass is 33.1. The van der Waals surface area contributed by atoms with Gasteiger partial charge in [0, 0.05) is 42.7 Å². The molecule has 0 radical (unpaired) electrons. The van der Waals surface area contributed by atoms with Crippen LogP contribution in [0, 0.1) is 5.92 Å². The number of nitrogens with one attached hydrogen (secondary N) is 1. The molecule has 1 aliphatic heterocycles. The van der Waals surface area contributed by atoms with Gasteiger partial charge >= 0.3 is 18.1 Å². The first-order chi connectivity index (χ1) is 14.1. The zero-order chi connectivity index (χ0) is 22.6. The number of alkyl halides is 3. The van der Waals surface area contributed by atoms with E-state index >= 15 is 0 Å². The number of hydrogen-bond donors (Lipinski definition) is 3. The summed E-state index contributed by atoms with van der Waals surface area (Å²) in [4.78, 5) is 38.0. The summed E-state index contributed by atoms with van der Waals surface area (Å²) in [7, 11) is 3.14. The largest absolute Gasteiger partial charge is 0.490 e. The second kappa shape index (κ2) is 13.6. The maximum atomic E-state index is 12.2. The lowest BCUT2D eigenvalue weighted by Gasteiger charge is -2.31. The minimum atomic E-state index is -5.08. The molecule has 0 saturated carbocycles. The number of anilines is 1. The van der Waals surface area contributed by atoms with E-state index in [4.69, 9.17) is 15.0 Å². The minimum Gasteiger partial charge on any atom is -0.481 e. The summed E-state index contributed by atoms with van der Waals surface area (Å²) in [5, 5.41) is 21.6. The molecule has 14 heteroatoms. The minimum absolute atomic E-state index is 0.0253. The molecule has 2 heterocycles. The number of carboxylic acid groups (broad SMARTS) is 2. The van der Waals surface area contributed by atoms with Crippen LogP contribution >= 0.6 is 32.9 Å². The van der Waals surface area contributed by atoms with Crippen molar-refractivity contribution in [1.82, 2.24) is 10.3 Å². The lowest BCUT2D eigenvalue weighted by Crippen LogP contribution is -2.43. The molecular weight excluding hydrogens is 467 g/mol. The molecule has 1 unspecified atom stereocenters. The highest BCUT2D eigenvalue weighted by Crippen LogP contribution is 2.25. The summed E-state index contributed by atoms with van der Waals surface area (Å²) in [6.07, 6.45) is -1.17. The van der Waals surface area contributed by atoms with Crippen molar-refractivity contribution in [3.8, 4) is 0 Å². The Morgan fingerprint density at radius 3 is 2.50 bits per heavy atom. The van der Waals surface area contributed by atoms with Gasteiger partial charge in [0.05, 0.1) is 12.3 Å². The van der Waals surface area contributed by atoms with E-state index in [1.54, 1.807) is 28.3 Å². The second-order valence-electron chi connectivity index (χ2n) is 5.98. The maximum absolute atomic E-state index is 12.2. The number of amides is 1. The highest BCUT2D eigenvalue weighted by molar-refractivity contribution is 8.76. The summed E-state index contributed by atoms with van der Waals surface area (Å²) in [6.45, 7) is 2.32. The van der Waals surface area contributed by atoms with Crippen LogP contribution in [0.4, 0.5) is 18.3 Å². The standard InChI is InChI=1S/C14H21N3O3S3.C2HF3O2/c18-12(19)3-7-22-23-9-5-15-13(20)11-2-1-6-17(10-11)14-16-4-8-21-14;3-2(4,5)1(6)7/h4,8,11H,1-3,5-7,9-10H2,(H,15,20)(H,18,19);(H,6,7). The van der Waals surface area contributed by atoms with Gasteiger partial charge in [0.15, 0.2) is 5.13 Å². The van der Waals surface area contributed by atoms with Gasteiger partial charge in [-0.15, -0.1) is 11.3 Å². The van der Waals surface area contributed by atoms with Gasteiger partial charge in [0.1, 0.15) is 0 Å². The van der Waals surface area contributed by atoms with Crippen LogP contribution in [-0.2, 0) is 14.4 Å². The molecule has 1 aromatic heterocycles. The molecule has 1 atom stereocenters. The molecule has 0 bridgehead atoms. The van der Waals surface area contributed by atoms with Crippen molar-refractivity contribution in [1.29, 1.82) is 0 Å². The van der Waals surface area contributed by atoms with Crippen LogP contribution in [0.3, 0.4) is 0 Å². The van der Waals surface area contributed by atoms with E-state index in [0.717, 1.165) is 36.8 Å². The van der Waals surface area contributed by atoms with Crippen LogP contribution in [0.1, 0.15) is 19.3 Å². The molecule has 3 N–H and O–H groups in total. The Morgan fingerprint density at radius 1 is 1.27 bits per heavy atom. The molecule has 1 aliphatic rings. The summed E-state index contributed by atoms with van der Waals surface area (Å²) >= 11 is 1.61. The zero-order valence-corrected chi connectivity index (χ0v) is 18.2. The number of halogens is 3. The first kappa shape index (κ1) is 26.4. The van der Waals surface area contributed by atoms with E-state index < -0.39 is 18.1 Å². The third-order valence-corrected chi connectivity index (χ3v) is 6.93. The van der Waals surface area contributed by atoms with Crippen LogP contribution in [0.25, 0.3) is 0 Å². The van der Waals surface area contributed by atoms with E-state index in [-0.39, 0.29) is 18.2 Å². The van der Waals surface area contributed by atoms with Crippen molar-refractivity contribution in [2.45, 2.75) is 25.4 Å². The number of piperidine rings is 1. The topological polar surface area (TPSA) is 120 Å². The van der Waals surface area contributed by atoms with Crippen LogP contribution in [0.2, 0.25) is 0 Å². The number of aliphatic carboxylic acids is 2. The van der Waals surface area contributed by atoms with E-state index in [1.165, 1.54) is 10.8 Å². The lowest BCUT2D eigenvalue weighted by atomic mass is 9.97. The molecule has 1 amide bonds. The van der Waals surface area contributed by atoms with E-state index in [1.807, 2.05) is 5.38 Å². The summed E-state index contributed by atoms with van der Waals surface area (Å²) < 4.78 is 31.7. The average Bonchev–Trinajstić information content (AvgIpc) is 3.21. The number of hydrogen-bond acceptors (Lipinski definition) is 8. The summed E-state index contributed by atoms with van der Waals surface area (Å²) in [5.41, 5.74) is 0. The van der Waals surface area contributed by atoms with Crippen molar-refractivity contribution in [2.75, 3.05) is 36.0 Å². The Kier molecular flexibility index (Phi) is 11.9. The third kappa shape index (κ3) is 10.9. The predicted octanol–water partition coefficient (Wildman–Crippen LogP) is 2.97. The number of aromatic nitrogens is 1. The number of thiazole rings is 1. The number of carboxylic acids is 2. The van der Waals surface area contributed by atoms with Crippen LogP contribution in [-0.4, -0.2) is 70.4 Å². The zero-order valence-electron chi connectivity index (χ0n) is 15.8. The average molecular weight is 490 g/mol. The fourth-order valence-corrected chi connectivity index (χ4v) is 4.91. The molecule has 8 nitrogen and oxygen atoms in total. The third-order valence-electron chi connectivity index (χ3n) is 3.69. The quantitative estimate of drug-likeness (QED) is 0.355. The molecule has 0 spiro atoms. The Hall–Kier alpha value is -1.67. The summed E-state index contributed by atoms with van der Waals surface area (Å²) in [6, 6.07) is 0. The molecule has 30 heavy (non-hydrogen) atoms. The number of nitrogens with zero attached hydrogens (tertiary/aromatic N) is 2. The number of carbonyl (C=O) groups is 3. The van der Waals surface area contributed by atoms with Gasteiger partial charge in [-0.2, -0.15) is 13.2 Å². The van der Waals surface area contributed by atoms with Crippen LogP contribution < -0.4 is 10.2 Å². The Balaban J connectivity index is 0.000000553. The maximum Gasteiger partial charge on any atom is 0.490 e. The molecule has 0 aromatic carbocycles. The van der Waals surface area contributed by atoms with E-state index in [2.05, 4.69) is 15.2 Å². The molecule has 170 valence electrons. The Morgan fingerprint density at radius 2 is 1.93 bits per heavy atom. The van der Waals surface area contributed by atoms with Crippen molar-refractivity contribution in [3.05, 3.63) is 11.6 Å². The SMILES string of the molecule is O=C(O)C(F)(F)F.O=C(O)CCSSCCNC(=O)C1CCCN(c2nccs2)C1. The van der Waals surface area contributed by atoms with Crippen LogP contribution in [0.15, 0.2) is 11.6 Å². The molecule has 1 saturated heterocycles. The summed E-state index contributed by atoms with van der Waals surface area (Å²) in [5.74, 6) is -2.00. The van der Waals surface area contributed by atoms with Gasteiger partial charge in [0.25, 0.3) is 0 Å². The molecule has 2 rings (SSSR count). The van der Waals surface area contributed by atoms with Gasteiger partial charge in [-0.1, -0.05) is 21.6 Å². The monoisotopic (exact) mass is 489 g/mol. The van der Waals surface area contributed by atoms with Crippen molar-refractivity contribution in [2.24, 2.45) is 5.92 Å². The van der Waals surface area contributed by atoms with Gasteiger partial charge in [-0.05, 0) is 12.8 Å². The van der Waals surface area contributed by atoms with E-state index in [9.17, 15) is 22.8 Å². The van der Waals surface area contributed by atoms with Gasteiger partial charge < -0.3 is 20.4 Å². The van der Waals surface area contributed by atoms with Gasteiger partial charge in [-0.3, -0.25) is 9.59 Å².